The Morgan fingerprint density at radius 2 is 2.00 bits per heavy atom. The summed E-state index contributed by atoms with van der Waals surface area (Å²) in [5, 5.41) is 13.2. The van der Waals surface area contributed by atoms with E-state index in [1.165, 1.54) is 6.33 Å². The van der Waals surface area contributed by atoms with Gasteiger partial charge in [-0.2, -0.15) is 14.9 Å². The van der Waals surface area contributed by atoms with E-state index in [-0.39, 0.29) is 0 Å². The smallest absolute Gasteiger partial charge is 0.170 e. The summed E-state index contributed by atoms with van der Waals surface area (Å²) in [4.78, 5) is 13.1. The third kappa shape index (κ3) is 2.51. The van der Waals surface area contributed by atoms with Crippen molar-refractivity contribution >= 4 is 22.5 Å². The standard InChI is InChI=1S/C17H18N8/c1-4-24-12(3)15(11(2)23-24)22-16-13-9-21-25(17(13)20-10-19-16)14-7-5-6-8-18-14/h5-10H,4H2,1-3H3,(H,19,20,22). The van der Waals surface area contributed by atoms with E-state index in [1.54, 1.807) is 17.1 Å². The van der Waals surface area contributed by atoms with Gasteiger partial charge in [-0.05, 0) is 32.9 Å². The fraction of sp³-hybridized carbons (Fsp3) is 0.235. The summed E-state index contributed by atoms with van der Waals surface area (Å²) in [7, 11) is 0. The first-order valence-electron chi connectivity index (χ1n) is 8.10. The van der Waals surface area contributed by atoms with Crippen LogP contribution in [0.15, 0.2) is 36.9 Å². The average Bonchev–Trinajstić information content (AvgIpc) is 3.19. The molecule has 0 amide bonds. The topological polar surface area (TPSA) is 86.3 Å². The van der Waals surface area contributed by atoms with Gasteiger partial charge in [0, 0.05) is 12.7 Å². The van der Waals surface area contributed by atoms with E-state index in [9.17, 15) is 0 Å². The van der Waals surface area contributed by atoms with E-state index in [0.717, 1.165) is 29.0 Å². The largest absolute Gasteiger partial charge is 0.337 e. The van der Waals surface area contributed by atoms with E-state index in [1.807, 2.05) is 36.7 Å². The summed E-state index contributed by atoms with van der Waals surface area (Å²) in [5.41, 5.74) is 3.67. The van der Waals surface area contributed by atoms with Crippen LogP contribution in [0.25, 0.3) is 16.9 Å². The molecule has 4 aromatic heterocycles. The Morgan fingerprint density at radius 1 is 1.12 bits per heavy atom. The minimum Gasteiger partial charge on any atom is -0.337 e. The second-order valence-corrected chi connectivity index (χ2v) is 5.69. The number of hydrogen-bond acceptors (Lipinski definition) is 6. The Labute approximate surface area is 144 Å². The molecule has 25 heavy (non-hydrogen) atoms. The molecule has 0 aliphatic carbocycles. The first kappa shape index (κ1) is 15.3. The number of anilines is 2. The first-order valence-corrected chi connectivity index (χ1v) is 8.10. The summed E-state index contributed by atoms with van der Waals surface area (Å²) in [6.45, 7) is 6.92. The van der Waals surface area contributed by atoms with Crippen LogP contribution in [0.4, 0.5) is 11.5 Å². The molecule has 0 atom stereocenters. The molecule has 0 spiro atoms. The van der Waals surface area contributed by atoms with Crippen molar-refractivity contribution in [2.24, 2.45) is 0 Å². The van der Waals surface area contributed by atoms with Gasteiger partial charge in [0.1, 0.15) is 12.1 Å². The molecule has 1 N–H and O–H groups in total. The maximum absolute atomic E-state index is 4.54. The van der Waals surface area contributed by atoms with Crippen LogP contribution < -0.4 is 5.32 Å². The third-order valence-corrected chi connectivity index (χ3v) is 4.16. The Bertz CT molecular complexity index is 1030. The lowest BCUT2D eigenvalue weighted by Crippen LogP contribution is -2.02. The van der Waals surface area contributed by atoms with Crippen molar-refractivity contribution in [1.29, 1.82) is 0 Å². The van der Waals surface area contributed by atoms with Gasteiger partial charge in [-0.15, -0.1) is 0 Å². The molecule has 0 saturated carbocycles. The van der Waals surface area contributed by atoms with Crippen LogP contribution in [-0.4, -0.2) is 34.5 Å². The fourth-order valence-electron chi connectivity index (χ4n) is 2.89. The fourth-order valence-corrected chi connectivity index (χ4v) is 2.89. The Hall–Kier alpha value is -3.29. The summed E-state index contributed by atoms with van der Waals surface area (Å²) >= 11 is 0. The number of rotatable bonds is 4. The molecule has 0 unspecified atom stereocenters. The highest BCUT2D eigenvalue weighted by Gasteiger charge is 2.15. The lowest BCUT2D eigenvalue weighted by molar-refractivity contribution is 0.634. The van der Waals surface area contributed by atoms with Crippen molar-refractivity contribution in [3.63, 3.8) is 0 Å². The molecule has 8 nitrogen and oxygen atoms in total. The molecular weight excluding hydrogens is 316 g/mol. The summed E-state index contributed by atoms with van der Waals surface area (Å²) in [6, 6.07) is 5.68. The number of pyridine rings is 1. The van der Waals surface area contributed by atoms with E-state index in [2.05, 4.69) is 37.4 Å². The van der Waals surface area contributed by atoms with Crippen LogP contribution in [0.2, 0.25) is 0 Å². The predicted octanol–water partition coefficient (Wildman–Crippen LogP) is 2.79. The highest BCUT2D eigenvalue weighted by Crippen LogP contribution is 2.27. The van der Waals surface area contributed by atoms with Crippen molar-refractivity contribution in [3.05, 3.63) is 48.3 Å². The Morgan fingerprint density at radius 3 is 2.72 bits per heavy atom. The molecule has 0 fully saturated rings. The molecule has 0 aliphatic rings. The number of aromatic nitrogens is 7. The monoisotopic (exact) mass is 334 g/mol. The summed E-state index contributed by atoms with van der Waals surface area (Å²) < 4.78 is 3.67. The van der Waals surface area contributed by atoms with E-state index in [4.69, 9.17) is 0 Å². The summed E-state index contributed by atoms with van der Waals surface area (Å²) in [5.74, 6) is 1.42. The van der Waals surface area contributed by atoms with Gasteiger partial charge in [0.2, 0.25) is 0 Å². The second kappa shape index (κ2) is 5.97. The van der Waals surface area contributed by atoms with E-state index in [0.29, 0.717) is 17.3 Å². The molecule has 0 saturated heterocycles. The molecule has 4 rings (SSSR count). The van der Waals surface area contributed by atoms with Crippen molar-refractivity contribution in [2.75, 3.05) is 5.32 Å². The molecule has 0 aliphatic heterocycles. The highest BCUT2D eigenvalue weighted by molar-refractivity contribution is 5.89. The first-order chi connectivity index (χ1) is 12.2. The van der Waals surface area contributed by atoms with Gasteiger partial charge in [0.25, 0.3) is 0 Å². The molecule has 126 valence electrons. The van der Waals surface area contributed by atoms with E-state index < -0.39 is 0 Å². The minimum atomic E-state index is 0.703. The van der Waals surface area contributed by atoms with Crippen molar-refractivity contribution in [2.45, 2.75) is 27.3 Å². The summed E-state index contributed by atoms with van der Waals surface area (Å²) in [6.07, 6.45) is 5.01. The molecule has 0 bridgehead atoms. The second-order valence-electron chi connectivity index (χ2n) is 5.69. The zero-order valence-electron chi connectivity index (χ0n) is 14.3. The lowest BCUT2D eigenvalue weighted by atomic mass is 10.3. The van der Waals surface area contributed by atoms with Crippen LogP contribution in [0.5, 0.6) is 0 Å². The zero-order valence-corrected chi connectivity index (χ0v) is 14.3. The quantitative estimate of drug-likeness (QED) is 0.617. The van der Waals surface area contributed by atoms with Crippen molar-refractivity contribution in [3.8, 4) is 5.82 Å². The lowest BCUT2D eigenvalue weighted by Gasteiger charge is -2.07. The van der Waals surface area contributed by atoms with Crippen molar-refractivity contribution < 1.29 is 0 Å². The number of nitrogens with one attached hydrogen (secondary N) is 1. The third-order valence-electron chi connectivity index (χ3n) is 4.16. The minimum absolute atomic E-state index is 0.703. The zero-order chi connectivity index (χ0) is 17.4. The Balaban J connectivity index is 1.80. The van der Waals surface area contributed by atoms with Gasteiger partial charge in [-0.3, -0.25) is 4.68 Å². The number of fused-ring (bicyclic) bond motifs is 1. The normalized spacial score (nSPS) is 11.2. The van der Waals surface area contributed by atoms with Gasteiger partial charge < -0.3 is 5.32 Å². The van der Waals surface area contributed by atoms with Crippen LogP contribution in [0.3, 0.4) is 0 Å². The molecule has 4 heterocycles. The molecule has 0 aromatic carbocycles. The van der Waals surface area contributed by atoms with Crippen LogP contribution >= 0.6 is 0 Å². The number of aryl methyl sites for hydroxylation is 2. The van der Waals surface area contributed by atoms with Gasteiger partial charge in [-0.25, -0.2) is 15.0 Å². The van der Waals surface area contributed by atoms with E-state index >= 15 is 0 Å². The molecular formula is C17H18N8. The SMILES string of the molecule is CCn1nc(C)c(Nc2ncnc3c2cnn3-c2ccccn2)c1C. The van der Waals surface area contributed by atoms with Gasteiger partial charge >= 0.3 is 0 Å². The average molecular weight is 334 g/mol. The molecule has 4 aromatic rings. The van der Waals surface area contributed by atoms with Gasteiger partial charge in [0.15, 0.2) is 11.5 Å². The van der Waals surface area contributed by atoms with Gasteiger partial charge in [0.05, 0.1) is 28.7 Å². The van der Waals surface area contributed by atoms with Crippen LogP contribution in [0.1, 0.15) is 18.3 Å². The van der Waals surface area contributed by atoms with Crippen molar-refractivity contribution in [1.82, 2.24) is 34.5 Å². The number of hydrogen-bond donors (Lipinski definition) is 1. The molecule has 0 radical (unpaired) electrons. The van der Waals surface area contributed by atoms with Gasteiger partial charge in [-0.1, -0.05) is 6.07 Å². The Kier molecular flexibility index (Phi) is 3.64. The molecule has 8 heteroatoms. The highest BCUT2D eigenvalue weighted by atomic mass is 15.3. The predicted molar refractivity (Wildman–Crippen MR) is 95.1 cm³/mol. The van der Waals surface area contributed by atoms with Crippen LogP contribution in [0, 0.1) is 13.8 Å². The maximum Gasteiger partial charge on any atom is 0.170 e. The van der Waals surface area contributed by atoms with Crippen LogP contribution in [-0.2, 0) is 6.54 Å². The maximum atomic E-state index is 4.54. The number of nitrogens with zero attached hydrogens (tertiary/aromatic N) is 7.